The molecule has 2 rings (SSSR count). The third kappa shape index (κ3) is 4.35. The van der Waals surface area contributed by atoms with Gasteiger partial charge in [0.1, 0.15) is 5.82 Å². The first-order chi connectivity index (χ1) is 11.8. The molecule has 142 valence electrons. The average Bonchev–Trinajstić information content (AvgIpc) is 2.60. The molecule has 8 nitrogen and oxygen atoms in total. The molecule has 1 aliphatic rings. The molecule has 1 fully saturated rings. The third-order valence-corrected chi connectivity index (χ3v) is 8.02. The molecule has 11 heteroatoms. The Labute approximate surface area is 153 Å². The Morgan fingerprint density at radius 3 is 2.32 bits per heavy atom. The van der Waals surface area contributed by atoms with Crippen molar-refractivity contribution in [1.29, 1.82) is 0 Å². The average molecular weight is 412 g/mol. The summed E-state index contributed by atoms with van der Waals surface area (Å²) < 4.78 is 43.5. The zero-order chi connectivity index (χ0) is 18.7. The smallest absolute Gasteiger partial charge is 0.318 e. The van der Waals surface area contributed by atoms with Crippen molar-refractivity contribution in [2.75, 3.05) is 31.1 Å². The van der Waals surface area contributed by atoms with Crippen LogP contribution in [0.4, 0.5) is 5.82 Å². The van der Waals surface area contributed by atoms with Crippen LogP contribution in [0.25, 0.3) is 0 Å². The number of sulfonamides is 1. The van der Waals surface area contributed by atoms with Crippen molar-refractivity contribution in [1.82, 2.24) is 9.29 Å². The molecule has 0 saturated carbocycles. The van der Waals surface area contributed by atoms with Gasteiger partial charge in [0.25, 0.3) is 0 Å². The lowest BCUT2D eigenvalue weighted by Gasteiger charge is -2.40. The molecule has 1 aliphatic heterocycles. The predicted octanol–water partition coefficient (Wildman–Crippen LogP) is 2.10. The van der Waals surface area contributed by atoms with Crippen molar-refractivity contribution < 1.29 is 22.4 Å². The Kier molecular flexibility index (Phi) is 6.87. The fraction of sp³-hybridized carbons (Fsp3) is 0.643. The van der Waals surface area contributed by atoms with Gasteiger partial charge in [0.2, 0.25) is 10.0 Å². The number of halogens is 1. The van der Waals surface area contributed by atoms with Gasteiger partial charge < -0.3 is 9.79 Å². The molecule has 1 unspecified atom stereocenters. The monoisotopic (exact) mass is 411 g/mol. The van der Waals surface area contributed by atoms with E-state index in [4.69, 9.17) is 21.0 Å². The lowest BCUT2D eigenvalue weighted by molar-refractivity contribution is 0.126. The standard InChI is InChI=1S/C14H23ClN3O5PS/c1-3-14(4-2,23-24(19)20)25(21,22)18-9-7-17(8-10-18)13-6-5-12(15)11-16-13/h5-6,11,24H,3-4,7-10H2,1-2H3,(H,19,20). The van der Waals surface area contributed by atoms with E-state index < -0.39 is 23.2 Å². The van der Waals surface area contributed by atoms with Gasteiger partial charge in [0.15, 0.2) is 4.93 Å². The molecule has 0 spiro atoms. The maximum absolute atomic E-state index is 13.0. The van der Waals surface area contributed by atoms with Crippen molar-refractivity contribution in [3.8, 4) is 0 Å². The number of piperazine rings is 1. The van der Waals surface area contributed by atoms with Crippen LogP contribution < -0.4 is 4.90 Å². The number of aromatic nitrogens is 1. The van der Waals surface area contributed by atoms with Gasteiger partial charge in [-0.1, -0.05) is 25.4 Å². The number of nitrogens with zero attached hydrogens (tertiary/aromatic N) is 3. The summed E-state index contributed by atoms with van der Waals surface area (Å²) in [6.45, 7) is 4.71. The Morgan fingerprint density at radius 1 is 1.28 bits per heavy atom. The van der Waals surface area contributed by atoms with Gasteiger partial charge in [0, 0.05) is 32.4 Å². The van der Waals surface area contributed by atoms with E-state index in [1.54, 1.807) is 32.2 Å². The first-order valence-electron chi connectivity index (χ1n) is 8.04. The molecule has 0 bridgehead atoms. The van der Waals surface area contributed by atoms with Crippen molar-refractivity contribution >= 4 is 35.7 Å². The van der Waals surface area contributed by atoms with E-state index in [9.17, 15) is 13.0 Å². The largest absolute Gasteiger partial charge is 0.354 e. The molecule has 0 aliphatic carbocycles. The van der Waals surface area contributed by atoms with Crippen LogP contribution in [-0.4, -0.2) is 53.7 Å². The second-order valence-electron chi connectivity index (χ2n) is 5.71. The van der Waals surface area contributed by atoms with E-state index in [1.165, 1.54) is 4.31 Å². The second kappa shape index (κ2) is 8.33. The molecule has 0 amide bonds. The molecule has 1 N–H and O–H groups in total. The maximum Gasteiger partial charge on any atom is 0.318 e. The van der Waals surface area contributed by atoms with Crippen LogP contribution in [0.3, 0.4) is 0 Å². The second-order valence-corrected chi connectivity index (χ2v) is 9.09. The van der Waals surface area contributed by atoms with Crippen molar-refractivity contribution in [3.05, 3.63) is 23.4 Å². The number of rotatable bonds is 7. The first kappa shape index (κ1) is 20.6. The quantitative estimate of drug-likeness (QED) is 0.686. The number of pyridine rings is 1. The fourth-order valence-electron chi connectivity index (χ4n) is 2.92. The van der Waals surface area contributed by atoms with Gasteiger partial charge >= 0.3 is 8.25 Å². The van der Waals surface area contributed by atoms with E-state index in [0.29, 0.717) is 18.1 Å². The minimum absolute atomic E-state index is 0.0990. The number of anilines is 1. The SMILES string of the molecule is CCC(CC)(O[PH](=O)O)S(=O)(=O)N1CCN(c2ccc(Cl)cn2)CC1. The van der Waals surface area contributed by atoms with Gasteiger partial charge in [-0.05, 0) is 25.0 Å². The summed E-state index contributed by atoms with van der Waals surface area (Å²) in [4.78, 5) is 13.7. The van der Waals surface area contributed by atoms with Crippen LogP contribution in [0, 0.1) is 0 Å². The number of hydrogen-bond donors (Lipinski definition) is 1. The molecular formula is C14H23ClN3O5PS. The highest BCUT2D eigenvalue weighted by atomic mass is 35.5. The molecule has 1 saturated heterocycles. The van der Waals surface area contributed by atoms with Crippen LogP contribution in [0.1, 0.15) is 26.7 Å². The molecule has 2 heterocycles. The van der Waals surface area contributed by atoms with Crippen LogP contribution in [0.15, 0.2) is 18.3 Å². The summed E-state index contributed by atoms with van der Waals surface area (Å²) >= 11 is 5.83. The Bertz CT molecular complexity index is 704. The highest BCUT2D eigenvalue weighted by Gasteiger charge is 2.47. The lowest BCUT2D eigenvalue weighted by atomic mass is 10.2. The van der Waals surface area contributed by atoms with E-state index in [2.05, 4.69) is 4.98 Å². The molecule has 0 radical (unpaired) electrons. The fourth-order valence-corrected chi connectivity index (χ4v) is 6.12. The Balaban J connectivity index is 2.14. The van der Waals surface area contributed by atoms with Crippen LogP contribution in [0.2, 0.25) is 5.02 Å². The first-order valence-corrected chi connectivity index (χ1v) is 11.1. The van der Waals surface area contributed by atoms with Crippen molar-refractivity contribution in [3.63, 3.8) is 0 Å². The minimum atomic E-state index is -3.88. The predicted molar refractivity (Wildman–Crippen MR) is 97.6 cm³/mol. The molecule has 1 atom stereocenters. The Hall–Kier alpha value is -0.700. The van der Waals surface area contributed by atoms with Gasteiger partial charge in [-0.25, -0.2) is 13.4 Å². The number of hydrogen-bond acceptors (Lipinski definition) is 6. The Morgan fingerprint density at radius 2 is 1.88 bits per heavy atom. The molecule has 1 aromatic heterocycles. The lowest BCUT2D eigenvalue weighted by Crippen LogP contribution is -2.55. The summed E-state index contributed by atoms with van der Waals surface area (Å²) in [6, 6.07) is 3.52. The zero-order valence-corrected chi connectivity index (χ0v) is 16.8. The summed E-state index contributed by atoms with van der Waals surface area (Å²) in [5.74, 6) is 0.732. The molecule has 25 heavy (non-hydrogen) atoms. The van der Waals surface area contributed by atoms with Gasteiger partial charge in [0.05, 0.1) is 5.02 Å². The molecule has 1 aromatic rings. The summed E-state index contributed by atoms with van der Waals surface area (Å²) in [5, 5.41) is 0.539. The van der Waals surface area contributed by atoms with Crippen LogP contribution in [0.5, 0.6) is 0 Å². The van der Waals surface area contributed by atoms with Gasteiger partial charge in [-0.15, -0.1) is 0 Å². The van der Waals surface area contributed by atoms with E-state index >= 15 is 0 Å². The molecule has 0 aromatic carbocycles. The van der Waals surface area contributed by atoms with Crippen molar-refractivity contribution in [2.45, 2.75) is 31.6 Å². The third-order valence-electron chi connectivity index (χ3n) is 4.44. The summed E-state index contributed by atoms with van der Waals surface area (Å²) in [7, 11) is -7.27. The summed E-state index contributed by atoms with van der Waals surface area (Å²) in [5.41, 5.74) is 0. The topological polar surface area (TPSA) is 100 Å². The summed E-state index contributed by atoms with van der Waals surface area (Å²) in [6.07, 6.45) is 1.75. The van der Waals surface area contributed by atoms with Crippen LogP contribution >= 0.6 is 19.9 Å². The van der Waals surface area contributed by atoms with Crippen molar-refractivity contribution in [2.24, 2.45) is 0 Å². The van der Waals surface area contributed by atoms with E-state index in [-0.39, 0.29) is 25.9 Å². The van der Waals surface area contributed by atoms with E-state index in [0.717, 1.165) is 5.82 Å². The zero-order valence-electron chi connectivity index (χ0n) is 14.2. The highest BCUT2D eigenvalue weighted by molar-refractivity contribution is 7.90. The van der Waals surface area contributed by atoms with E-state index in [1.807, 2.05) is 4.90 Å². The van der Waals surface area contributed by atoms with Gasteiger partial charge in [-0.3, -0.25) is 9.09 Å². The highest BCUT2D eigenvalue weighted by Crippen LogP contribution is 2.38. The minimum Gasteiger partial charge on any atom is -0.354 e. The maximum atomic E-state index is 13.0. The van der Waals surface area contributed by atoms with Gasteiger partial charge in [-0.2, -0.15) is 4.31 Å². The van der Waals surface area contributed by atoms with Crippen LogP contribution in [-0.2, 0) is 19.1 Å². The normalized spacial score (nSPS) is 18.3. The molecular weight excluding hydrogens is 389 g/mol.